The number of piperazine rings is 2. The van der Waals surface area contributed by atoms with Crippen LogP contribution in [0.25, 0.3) is 0 Å². The van der Waals surface area contributed by atoms with Gasteiger partial charge in [-0.3, -0.25) is 4.99 Å². The number of halogens is 3. The third-order valence-electron chi connectivity index (χ3n) is 6.10. The van der Waals surface area contributed by atoms with Crippen LogP contribution in [0.1, 0.15) is 12.5 Å². The van der Waals surface area contributed by atoms with Crippen LogP contribution >= 0.6 is 0 Å². The van der Waals surface area contributed by atoms with E-state index in [2.05, 4.69) is 39.0 Å². The normalized spacial score (nSPS) is 20.8. The van der Waals surface area contributed by atoms with Gasteiger partial charge in [-0.05, 0) is 31.2 Å². The van der Waals surface area contributed by atoms with Gasteiger partial charge in [0.15, 0.2) is 5.96 Å². The van der Waals surface area contributed by atoms with Crippen molar-refractivity contribution in [1.82, 2.24) is 20.0 Å². The molecule has 2 heterocycles. The van der Waals surface area contributed by atoms with Crippen molar-refractivity contribution < 1.29 is 13.2 Å². The van der Waals surface area contributed by atoms with Crippen LogP contribution in [0.2, 0.25) is 0 Å². The van der Waals surface area contributed by atoms with Crippen molar-refractivity contribution in [1.29, 1.82) is 0 Å². The van der Waals surface area contributed by atoms with Crippen LogP contribution in [-0.4, -0.2) is 100 Å². The van der Waals surface area contributed by atoms with E-state index in [1.54, 1.807) is 13.1 Å². The molecule has 1 atom stereocenters. The van der Waals surface area contributed by atoms with Crippen LogP contribution < -0.4 is 10.2 Å². The number of alkyl halides is 3. The van der Waals surface area contributed by atoms with Crippen molar-refractivity contribution in [2.45, 2.75) is 13.1 Å². The fourth-order valence-electron chi connectivity index (χ4n) is 4.19. The van der Waals surface area contributed by atoms with Crippen molar-refractivity contribution in [2.24, 2.45) is 10.9 Å². The highest BCUT2D eigenvalue weighted by atomic mass is 19.4. The molecule has 1 aromatic rings. The van der Waals surface area contributed by atoms with Gasteiger partial charge in [-0.1, -0.05) is 13.0 Å². The number of nitrogens with zero attached hydrogens (tertiary/aromatic N) is 5. The lowest BCUT2D eigenvalue weighted by molar-refractivity contribution is -0.137. The number of aliphatic imine (C=N–C) groups is 1. The molecule has 2 fully saturated rings. The SMILES string of the molecule is CN=C(NCC(C)CN1CCN(C)CC1)N1CCN(c2cccc(C(F)(F)F)c2)CC1. The fraction of sp³-hybridized carbons (Fsp3) is 0.682. The molecule has 0 saturated carbocycles. The van der Waals surface area contributed by atoms with Crippen LogP contribution in [0, 0.1) is 5.92 Å². The molecule has 0 spiro atoms. The number of nitrogens with one attached hydrogen (secondary N) is 1. The Kier molecular flexibility index (Phi) is 8.05. The molecule has 31 heavy (non-hydrogen) atoms. The lowest BCUT2D eigenvalue weighted by atomic mass is 10.1. The van der Waals surface area contributed by atoms with Crippen LogP contribution in [0.5, 0.6) is 0 Å². The maximum atomic E-state index is 13.0. The molecule has 0 aliphatic carbocycles. The minimum absolute atomic E-state index is 0.506. The first kappa shape index (κ1) is 23.7. The van der Waals surface area contributed by atoms with Crippen molar-refractivity contribution in [3.05, 3.63) is 29.8 Å². The van der Waals surface area contributed by atoms with Gasteiger partial charge in [0.2, 0.25) is 0 Å². The minimum Gasteiger partial charge on any atom is -0.368 e. The summed E-state index contributed by atoms with van der Waals surface area (Å²) >= 11 is 0. The summed E-state index contributed by atoms with van der Waals surface area (Å²) in [5, 5.41) is 3.49. The van der Waals surface area contributed by atoms with E-state index in [1.165, 1.54) is 12.1 Å². The largest absolute Gasteiger partial charge is 0.416 e. The number of rotatable bonds is 5. The van der Waals surface area contributed by atoms with Crippen LogP contribution in [0.15, 0.2) is 29.3 Å². The maximum absolute atomic E-state index is 13.0. The van der Waals surface area contributed by atoms with E-state index >= 15 is 0 Å². The standard InChI is InChI=1S/C22H35F3N6/c1-18(17-29-9-7-28(3)8-10-29)16-27-21(26-2)31-13-11-30(12-14-31)20-6-4-5-19(15-20)22(23,24)25/h4-6,15,18H,7-14,16-17H2,1-3H3,(H,26,27). The Morgan fingerprint density at radius 1 is 1.06 bits per heavy atom. The summed E-state index contributed by atoms with van der Waals surface area (Å²) in [5.74, 6) is 1.38. The van der Waals surface area contributed by atoms with Gasteiger partial charge in [0.25, 0.3) is 0 Å². The first-order valence-electron chi connectivity index (χ1n) is 11.0. The van der Waals surface area contributed by atoms with Crippen LogP contribution in [-0.2, 0) is 6.18 Å². The predicted octanol–water partition coefficient (Wildman–Crippen LogP) is 2.29. The summed E-state index contributed by atoms with van der Waals surface area (Å²) in [6.45, 7) is 11.4. The van der Waals surface area contributed by atoms with Crippen molar-refractivity contribution in [2.75, 3.05) is 84.4 Å². The molecule has 0 aromatic heterocycles. The third kappa shape index (κ3) is 6.74. The van der Waals surface area contributed by atoms with Gasteiger partial charge in [-0.15, -0.1) is 0 Å². The highest BCUT2D eigenvalue weighted by Gasteiger charge is 2.31. The molecule has 6 nitrogen and oxygen atoms in total. The Morgan fingerprint density at radius 3 is 2.35 bits per heavy atom. The molecule has 3 rings (SSSR count). The molecule has 2 aliphatic rings. The monoisotopic (exact) mass is 440 g/mol. The second kappa shape index (κ2) is 10.5. The van der Waals surface area contributed by atoms with Crippen LogP contribution in [0.3, 0.4) is 0 Å². The van der Waals surface area contributed by atoms with E-state index in [9.17, 15) is 13.2 Å². The van der Waals surface area contributed by atoms with Gasteiger partial charge in [-0.25, -0.2) is 0 Å². The maximum Gasteiger partial charge on any atom is 0.416 e. The number of benzene rings is 1. The number of hydrogen-bond donors (Lipinski definition) is 1. The quantitative estimate of drug-likeness (QED) is 0.562. The van der Waals surface area contributed by atoms with E-state index in [4.69, 9.17) is 0 Å². The zero-order valence-corrected chi connectivity index (χ0v) is 18.8. The molecule has 174 valence electrons. The number of anilines is 1. The smallest absolute Gasteiger partial charge is 0.368 e. The second-order valence-electron chi connectivity index (χ2n) is 8.66. The Bertz CT molecular complexity index is 722. The molecule has 2 aliphatic heterocycles. The van der Waals surface area contributed by atoms with Crippen LogP contribution in [0.4, 0.5) is 18.9 Å². The Labute approximate surface area is 183 Å². The molecule has 0 amide bonds. The van der Waals surface area contributed by atoms with Gasteiger partial charge < -0.3 is 24.9 Å². The lowest BCUT2D eigenvalue weighted by Crippen LogP contribution is -2.53. The summed E-state index contributed by atoms with van der Waals surface area (Å²) in [7, 11) is 3.95. The van der Waals surface area contributed by atoms with E-state index in [1.807, 2.05) is 4.90 Å². The van der Waals surface area contributed by atoms with E-state index in [0.717, 1.165) is 64.4 Å². The van der Waals surface area contributed by atoms with Gasteiger partial charge in [0.05, 0.1) is 5.56 Å². The number of hydrogen-bond acceptors (Lipinski definition) is 4. The summed E-state index contributed by atoms with van der Waals surface area (Å²) in [4.78, 5) is 13.5. The van der Waals surface area contributed by atoms with Gasteiger partial charge >= 0.3 is 6.18 Å². The molecule has 1 unspecified atom stereocenters. The zero-order chi connectivity index (χ0) is 22.4. The third-order valence-corrected chi connectivity index (χ3v) is 6.10. The molecule has 0 bridgehead atoms. The topological polar surface area (TPSA) is 37.4 Å². The van der Waals surface area contributed by atoms with Crippen molar-refractivity contribution in [3.8, 4) is 0 Å². The van der Waals surface area contributed by atoms with Gasteiger partial charge in [0.1, 0.15) is 0 Å². The predicted molar refractivity (Wildman–Crippen MR) is 120 cm³/mol. The molecule has 0 radical (unpaired) electrons. The first-order valence-corrected chi connectivity index (χ1v) is 11.0. The Morgan fingerprint density at radius 2 is 1.74 bits per heavy atom. The first-order chi connectivity index (χ1) is 14.8. The van der Waals surface area contributed by atoms with Crippen molar-refractivity contribution >= 4 is 11.6 Å². The summed E-state index contributed by atoms with van der Waals surface area (Å²) in [6, 6.07) is 5.59. The van der Waals surface area contributed by atoms with E-state index in [-0.39, 0.29) is 0 Å². The minimum atomic E-state index is -4.31. The average molecular weight is 441 g/mol. The molecule has 1 N–H and O–H groups in total. The highest BCUT2D eigenvalue weighted by Crippen LogP contribution is 2.31. The number of guanidine groups is 1. The van der Waals surface area contributed by atoms with Crippen molar-refractivity contribution in [3.63, 3.8) is 0 Å². The Balaban J connectivity index is 1.46. The molecule has 2 saturated heterocycles. The van der Waals surface area contributed by atoms with Gasteiger partial charge in [-0.2, -0.15) is 13.2 Å². The summed E-state index contributed by atoms with van der Waals surface area (Å²) in [6.07, 6.45) is -4.31. The zero-order valence-electron chi connectivity index (χ0n) is 18.8. The molecular weight excluding hydrogens is 405 g/mol. The molecule has 9 heteroatoms. The average Bonchev–Trinajstić information content (AvgIpc) is 2.76. The summed E-state index contributed by atoms with van der Waals surface area (Å²) in [5.41, 5.74) is 0.0254. The highest BCUT2D eigenvalue weighted by molar-refractivity contribution is 5.80. The number of likely N-dealkylation sites (N-methyl/N-ethyl adjacent to an activating group) is 1. The fourth-order valence-corrected chi connectivity index (χ4v) is 4.19. The van der Waals surface area contributed by atoms with E-state index < -0.39 is 11.7 Å². The van der Waals surface area contributed by atoms with Gasteiger partial charge in [0, 0.05) is 78.2 Å². The molecule has 1 aromatic carbocycles. The lowest BCUT2D eigenvalue weighted by Gasteiger charge is -2.38. The summed E-state index contributed by atoms with van der Waals surface area (Å²) < 4.78 is 39.0. The van der Waals surface area contributed by atoms with E-state index in [0.29, 0.717) is 24.7 Å². The Hall–Kier alpha value is -2.00. The molecular formula is C22H35F3N6. The second-order valence-corrected chi connectivity index (χ2v) is 8.66.